The van der Waals surface area contributed by atoms with Crippen molar-refractivity contribution >= 4 is 28.9 Å². The number of nitrogens with one attached hydrogen (secondary N) is 1. The van der Waals surface area contributed by atoms with Crippen molar-refractivity contribution < 1.29 is 24.2 Å². The normalized spacial score (nSPS) is 20.8. The predicted molar refractivity (Wildman–Crippen MR) is 94.2 cm³/mol. The van der Waals surface area contributed by atoms with E-state index in [-0.39, 0.29) is 19.1 Å². The molecule has 8 heteroatoms. The van der Waals surface area contributed by atoms with Crippen molar-refractivity contribution in [3.05, 3.63) is 15.3 Å². The molecular formula is C17H24N2O5S. The highest BCUT2D eigenvalue weighted by Crippen LogP contribution is 2.38. The predicted octanol–water partition coefficient (Wildman–Crippen LogP) is 1.05. The van der Waals surface area contributed by atoms with E-state index in [1.807, 2.05) is 4.90 Å². The van der Waals surface area contributed by atoms with Gasteiger partial charge in [-0.15, -0.1) is 11.3 Å². The van der Waals surface area contributed by atoms with Crippen LogP contribution in [0.15, 0.2) is 0 Å². The first-order chi connectivity index (χ1) is 12.1. The number of anilines is 1. The van der Waals surface area contributed by atoms with Gasteiger partial charge in [-0.1, -0.05) is 0 Å². The third-order valence-electron chi connectivity index (χ3n) is 4.44. The number of thiophene rings is 1. The minimum Gasteiger partial charge on any atom is -0.462 e. The van der Waals surface area contributed by atoms with Gasteiger partial charge in [0.05, 0.1) is 38.2 Å². The first-order valence-corrected chi connectivity index (χ1v) is 9.49. The van der Waals surface area contributed by atoms with Gasteiger partial charge >= 0.3 is 5.97 Å². The lowest BCUT2D eigenvalue weighted by Crippen LogP contribution is -2.41. The van der Waals surface area contributed by atoms with Crippen LogP contribution < -0.4 is 5.32 Å². The zero-order valence-corrected chi connectivity index (χ0v) is 15.2. The minimum atomic E-state index is -0.418. The maximum absolute atomic E-state index is 12.5. The number of rotatable bonds is 5. The summed E-state index contributed by atoms with van der Waals surface area (Å²) in [6.07, 6.45) is 1.42. The second-order valence-corrected chi connectivity index (χ2v) is 7.37. The van der Waals surface area contributed by atoms with Gasteiger partial charge in [0, 0.05) is 24.4 Å². The lowest BCUT2D eigenvalue weighted by molar-refractivity contribution is -0.118. The second-order valence-electron chi connectivity index (χ2n) is 6.26. The summed E-state index contributed by atoms with van der Waals surface area (Å²) >= 11 is 1.32. The number of nitrogens with zero attached hydrogens (tertiary/aromatic N) is 1. The molecule has 25 heavy (non-hydrogen) atoms. The minimum absolute atomic E-state index is 0.140. The fraction of sp³-hybridized carbons (Fsp3) is 0.647. The van der Waals surface area contributed by atoms with Crippen LogP contribution in [0.4, 0.5) is 5.69 Å². The molecule has 2 aliphatic rings. The van der Waals surface area contributed by atoms with Gasteiger partial charge in [0.25, 0.3) is 0 Å². The summed E-state index contributed by atoms with van der Waals surface area (Å²) in [6.45, 7) is 5.04. The van der Waals surface area contributed by atoms with Crippen molar-refractivity contribution in [1.29, 1.82) is 0 Å². The number of ether oxygens (including phenoxy) is 2. The van der Waals surface area contributed by atoms with Crippen molar-refractivity contribution in [2.45, 2.75) is 32.3 Å². The van der Waals surface area contributed by atoms with Crippen molar-refractivity contribution in [3.8, 4) is 0 Å². The molecule has 0 radical (unpaired) electrons. The van der Waals surface area contributed by atoms with Gasteiger partial charge in [-0.25, -0.2) is 4.79 Å². The Hall–Kier alpha value is -1.48. The number of esters is 1. The zero-order valence-electron chi connectivity index (χ0n) is 14.4. The Morgan fingerprint density at radius 3 is 2.88 bits per heavy atom. The van der Waals surface area contributed by atoms with E-state index in [0.717, 1.165) is 23.5 Å². The van der Waals surface area contributed by atoms with Crippen molar-refractivity contribution in [1.82, 2.24) is 4.90 Å². The van der Waals surface area contributed by atoms with E-state index in [1.54, 1.807) is 6.92 Å². The molecule has 1 aliphatic heterocycles. The summed E-state index contributed by atoms with van der Waals surface area (Å²) in [5.74, 6) is -0.558. The van der Waals surface area contributed by atoms with Gasteiger partial charge < -0.3 is 19.9 Å². The molecule has 1 saturated heterocycles. The highest BCUT2D eigenvalue weighted by atomic mass is 32.1. The highest BCUT2D eigenvalue weighted by Gasteiger charge is 2.29. The van der Waals surface area contributed by atoms with Crippen molar-refractivity contribution in [3.63, 3.8) is 0 Å². The number of carbonyl (C=O) groups is 2. The fourth-order valence-corrected chi connectivity index (χ4v) is 4.45. The van der Waals surface area contributed by atoms with E-state index in [1.165, 1.54) is 11.3 Å². The quantitative estimate of drug-likeness (QED) is 0.755. The van der Waals surface area contributed by atoms with Crippen LogP contribution in [0.5, 0.6) is 0 Å². The van der Waals surface area contributed by atoms with Gasteiger partial charge in [0.2, 0.25) is 5.91 Å². The monoisotopic (exact) mass is 368 g/mol. The average Bonchev–Trinajstić information content (AvgIpc) is 2.93. The number of amides is 1. The summed E-state index contributed by atoms with van der Waals surface area (Å²) in [4.78, 5) is 28.2. The smallest absolute Gasteiger partial charge is 0.350 e. The lowest BCUT2D eigenvalue weighted by Gasteiger charge is -2.26. The summed E-state index contributed by atoms with van der Waals surface area (Å²) in [6, 6.07) is 0. The molecule has 138 valence electrons. The van der Waals surface area contributed by atoms with Crippen LogP contribution in [0.25, 0.3) is 0 Å². The summed E-state index contributed by atoms with van der Waals surface area (Å²) in [5.41, 5.74) is 1.54. The molecule has 1 aromatic rings. The number of aliphatic hydroxyl groups is 1. The molecule has 1 aliphatic carbocycles. The molecule has 7 nitrogen and oxygen atoms in total. The Balaban J connectivity index is 1.78. The first kappa shape index (κ1) is 18.3. The summed E-state index contributed by atoms with van der Waals surface area (Å²) in [7, 11) is 0. The van der Waals surface area contributed by atoms with Crippen LogP contribution in [0.1, 0.15) is 33.5 Å². The van der Waals surface area contributed by atoms with E-state index in [2.05, 4.69) is 5.32 Å². The molecule has 0 aromatic carbocycles. The molecule has 1 fully saturated rings. The number of aliphatic hydroxyl groups excluding tert-OH is 1. The van der Waals surface area contributed by atoms with Crippen LogP contribution >= 0.6 is 11.3 Å². The Morgan fingerprint density at radius 1 is 1.40 bits per heavy atom. The number of hydrogen-bond donors (Lipinski definition) is 2. The van der Waals surface area contributed by atoms with E-state index in [0.29, 0.717) is 43.0 Å². The molecular weight excluding hydrogens is 344 g/mol. The van der Waals surface area contributed by atoms with Crippen molar-refractivity contribution in [2.75, 3.05) is 44.8 Å². The molecule has 0 bridgehead atoms. The maximum Gasteiger partial charge on any atom is 0.350 e. The van der Waals surface area contributed by atoms with E-state index >= 15 is 0 Å². The number of carbonyl (C=O) groups excluding carboxylic acids is 2. The van der Waals surface area contributed by atoms with Crippen LogP contribution in [0.3, 0.4) is 0 Å². The Morgan fingerprint density at radius 2 is 2.16 bits per heavy atom. The van der Waals surface area contributed by atoms with Gasteiger partial charge in [0.15, 0.2) is 0 Å². The van der Waals surface area contributed by atoms with Crippen LogP contribution in [-0.2, 0) is 27.1 Å². The third-order valence-corrected chi connectivity index (χ3v) is 5.67. The van der Waals surface area contributed by atoms with Crippen molar-refractivity contribution in [2.24, 2.45) is 0 Å². The van der Waals surface area contributed by atoms with E-state index in [4.69, 9.17) is 9.47 Å². The third kappa shape index (κ3) is 4.38. The van der Waals surface area contributed by atoms with Crippen LogP contribution in [0, 0.1) is 0 Å². The van der Waals surface area contributed by atoms with Gasteiger partial charge in [0.1, 0.15) is 4.88 Å². The Labute approximate surface area is 150 Å². The topological polar surface area (TPSA) is 88.1 Å². The molecule has 0 spiro atoms. The molecule has 2 heterocycles. The van der Waals surface area contributed by atoms with Gasteiger partial charge in [-0.05, 0) is 25.3 Å². The second kappa shape index (κ2) is 8.27. The Kier molecular flexibility index (Phi) is 6.06. The van der Waals surface area contributed by atoms with Crippen LogP contribution in [-0.4, -0.2) is 67.4 Å². The van der Waals surface area contributed by atoms with Gasteiger partial charge in [-0.3, -0.25) is 9.69 Å². The molecule has 1 amide bonds. The standard InChI is InChI=1S/C17H24N2O5S/c1-2-24-17(22)16-15(12-4-3-11(20)9-13(12)25-16)18-14(21)10-19-5-7-23-8-6-19/h11,20H,2-10H2,1H3,(H,18,21)/t11-/m0/s1. The molecule has 0 unspecified atom stereocenters. The van der Waals surface area contributed by atoms with Crippen LogP contribution in [0.2, 0.25) is 0 Å². The maximum atomic E-state index is 12.5. The Bertz CT molecular complexity index is 639. The lowest BCUT2D eigenvalue weighted by atomic mass is 9.95. The number of morpholine rings is 1. The van der Waals surface area contributed by atoms with E-state index in [9.17, 15) is 14.7 Å². The molecule has 1 atom stereocenters. The molecule has 3 rings (SSSR count). The molecule has 2 N–H and O–H groups in total. The summed E-state index contributed by atoms with van der Waals surface area (Å²) in [5, 5.41) is 12.8. The first-order valence-electron chi connectivity index (χ1n) is 8.68. The SMILES string of the molecule is CCOC(=O)c1sc2c(c1NC(=O)CN1CCOCC1)CC[C@H](O)C2. The molecule has 0 saturated carbocycles. The number of fused-ring (bicyclic) bond motifs is 1. The largest absolute Gasteiger partial charge is 0.462 e. The molecule has 1 aromatic heterocycles. The average molecular weight is 368 g/mol. The highest BCUT2D eigenvalue weighted by molar-refractivity contribution is 7.14. The fourth-order valence-electron chi connectivity index (χ4n) is 3.18. The number of hydrogen-bond acceptors (Lipinski definition) is 7. The summed E-state index contributed by atoms with van der Waals surface area (Å²) < 4.78 is 10.4. The van der Waals surface area contributed by atoms with Gasteiger partial charge in [-0.2, -0.15) is 0 Å². The zero-order chi connectivity index (χ0) is 17.8. The van der Waals surface area contributed by atoms with E-state index < -0.39 is 12.1 Å².